The fourth-order valence-corrected chi connectivity index (χ4v) is 4.28. The fraction of sp³-hybridized carbons (Fsp3) is 0.263. The van der Waals surface area contributed by atoms with Gasteiger partial charge in [0.15, 0.2) is 11.0 Å². The lowest BCUT2D eigenvalue weighted by Crippen LogP contribution is -2.16. The van der Waals surface area contributed by atoms with Crippen LogP contribution in [0.1, 0.15) is 17.5 Å². The summed E-state index contributed by atoms with van der Waals surface area (Å²) in [5.74, 6) is 1.31. The molecular formula is C19H22N4O2S2. The molecule has 2 N–H and O–H groups in total. The van der Waals surface area contributed by atoms with E-state index in [9.17, 15) is 8.42 Å². The molecule has 27 heavy (non-hydrogen) atoms. The molecule has 2 aromatic carbocycles. The molecule has 0 aliphatic rings. The number of thioether (sulfide) groups is 1. The van der Waals surface area contributed by atoms with Crippen LogP contribution < -0.4 is 5.14 Å². The zero-order valence-corrected chi connectivity index (χ0v) is 16.9. The lowest BCUT2D eigenvalue weighted by molar-refractivity contribution is 0.596. The highest BCUT2D eigenvalue weighted by Crippen LogP contribution is 2.29. The summed E-state index contributed by atoms with van der Waals surface area (Å²) in [6, 6.07) is 16.1. The van der Waals surface area contributed by atoms with Crippen LogP contribution in [0.2, 0.25) is 0 Å². The van der Waals surface area contributed by atoms with Crippen molar-refractivity contribution in [2.45, 2.75) is 25.4 Å². The molecule has 8 heteroatoms. The molecule has 0 saturated heterocycles. The second-order valence-corrected chi connectivity index (χ2v) is 9.14. The minimum atomic E-state index is -3.45. The Bertz CT molecular complexity index is 1030. The third-order valence-corrected chi connectivity index (χ3v) is 6.09. The van der Waals surface area contributed by atoms with Gasteiger partial charge in [0.1, 0.15) is 0 Å². The normalized spacial score (nSPS) is 11.7. The van der Waals surface area contributed by atoms with Crippen LogP contribution in [0, 0.1) is 13.8 Å². The molecule has 0 saturated carbocycles. The third-order valence-electron chi connectivity index (χ3n) is 4.22. The number of aryl methyl sites for hydroxylation is 2. The lowest BCUT2D eigenvalue weighted by atomic mass is 10.1. The van der Waals surface area contributed by atoms with E-state index in [1.54, 1.807) is 0 Å². The Hall–Kier alpha value is -2.16. The van der Waals surface area contributed by atoms with Crippen LogP contribution in [0.4, 0.5) is 0 Å². The first-order valence-corrected chi connectivity index (χ1v) is 11.3. The van der Waals surface area contributed by atoms with E-state index in [-0.39, 0.29) is 5.75 Å². The standard InChI is InChI=1S/C19H22N4O2S2/c1-14-9-10-17(13-15(14)2)23-18(16-7-4-3-5-8-16)21-22-19(23)26-11-6-12-27(20,24)25/h3-5,7-10,13H,6,11-12H2,1-2H3,(H2,20,24,25). The average Bonchev–Trinajstić information content (AvgIpc) is 3.05. The van der Waals surface area contributed by atoms with Crippen LogP contribution in [-0.2, 0) is 10.0 Å². The summed E-state index contributed by atoms with van der Waals surface area (Å²) in [5.41, 5.74) is 4.36. The van der Waals surface area contributed by atoms with E-state index in [0.29, 0.717) is 12.2 Å². The number of nitrogens with two attached hydrogens (primary N) is 1. The molecule has 0 fully saturated rings. The van der Waals surface area contributed by atoms with Gasteiger partial charge in [-0.3, -0.25) is 4.57 Å². The van der Waals surface area contributed by atoms with Crippen LogP contribution >= 0.6 is 11.8 Å². The Kier molecular flexibility index (Phi) is 5.98. The molecular weight excluding hydrogens is 380 g/mol. The number of hydrogen-bond donors (Lipinski definition) is 1. The number of aromatic nitrogens is 3. The quantitative estimate of drug-likeness (QED) is 0.483. The van der Waals surface area contributed by atoms with Crippen molar-refractivity contribution < 1.29 is 8.42 Å². The Labute approximate surface area is 163 Å². The van der Waals surface area contributed by atoms with Crippen molar-refractivity contribution in [2.24, 2.45) is 5.14 Å². The predicted octanol–water partition coefficient (Wildman–Crippen LogP) is 3.32. The molecule has 1 heterocycles. The van der Waals surface area contributed by atoms with Crippen molar-refractivity contribution in [2.75, 3.05) is 11.5 Å². The van der Waals surface area contributed by atoms with Gasteiger partial charge < -0.3 is 0 Å². The second kappa shape index (κ2) is 8.24. The fourth-order valence-electron chi connectivity index (χ4n) is 2.66. The molecule has 0 amide bonds. The largest absolute Gasteiger partial charge is 0.270 e. The molecule has 142 valence electrons. The van der Waals surface area contributed by atoms with Gasteiger partial charge in [-0.2, -0.15) is 0 Å². The summed E-state index contributed by atoms with van der Waals surface area (Å²) < 4.78 is 24.3. The Morgan fingerprint density at radius 2 is 1.78 bits per heavy atom. The van der Waals surface area contributed by atoms with Crippen molar-refractivity contribution in [3.63, 3.8) is 0 Å². The summed E-state index contributed by atoms with van der Waals surface area (Å²) in [4.78, 5) is 0. The van der Waals surface area contributed by atoms with Gasteiger partial charge in [-0.25, -0.2) is 13.6 Å². The van der Waals surface area contributed by atoms with E-state index >= 15 is 0 Å². The van der Waals surface area contributed by atoms with Crippen LogP contribution in [0.5, 0.6) is 0 Å². The van der Waals surface area contributed by atoms with Gasteiger partial charge in [0.25, 0.3) is 0 Å². The van der Waals surface area contributed by atoms with Gasteiger partial charge >= 0.3 is 0 Å². The van der Waals surface area contributed by atoms with E-state index in [1.165, 1.54) is 22.9 Å². The van der Waals surface area contributed by atoms with Crippen molar-refractivity contribution in [1.29, 1.82) is 0 Å². The summed E-state index contributed by atoms with van der Waals surface area (Å²) in [6.07, 6.45) is 0.462. The van der Waals surface area contributed by atoms with Gasteiger partial charge in [0.05, 0.1) is 11.4 Å². The number of nitrogens with zero attached hydrogens (tertiary/aromatic N) is 3. The minimum Gasteiger partial charge on any atom is -0.270 e. The molecule has 3 rings (SSSR count). The second-order valence-electron chi connectivity index (χ2n) is 6.35. The van der Waals surface area contributed by atoms with E-state index in [4.69, 9.17) is 5.14 Å². The zero-order valence-electron chi connectivity index (χ0n) is 15.3. The van der Waals surface area contributed by atoms with Gasteiger partial charge in [-0.1, -0.05) is 48.2 Å². The average molecular weight is 403 g/mol. The molecule has 0 aliphatic heterocycles. The summed E-state index contributed by atoms with van der Waals surface area (Å²) in [6.45, 7) is 4.15. The molecule has 3 aromatic rings. The van der Waals surface area contributed by atoms with Crippen LogP contribution in [0.15, 0.2) is 53.7 Å². The first kappa shape index (κ1) is 19.6. The maximum Gasteiger partial charge on any atom is 0.209 e. The van der Waals surface area contributed by atoms with E-state index in [2.05, 4.69) is 36.2 Å². The highest BCUT2D eigenvalue weighted by atomic mass is 32.2. The number of sulfonamides is 1. The minimum absolute atomic E-state index is 0.0384. The van der Waals surface area contributed by atoms with Gasteiger partial charge in [0.2, 0.25) is 10.0 Å². The molecule has 1 aromatic heterocycles. The molecule has 6 nitrogen and oxygen atoms in total. The molecule has 0 atom stereocenters. The van der Waals surface area contributed by atoms with E-state index < -0.39 is 10.0 Å². The zero-order chi connectivity index (χ0) is 19.4. The van der Waals surface area contributed by atoms with Crippen molar-refractivity contribution in [3.05, 3.63) is 59.7 Å². The Morgan fingerprint density at radius 3 is 2.44 bits per heavy atom. The van der Waals surface area contributed by atoms with Gasteiger partial charge in [-0.05, 0) is 43.5 Å². The Balaban J connectivity index is 1.96. The molecule has 0 radical (unpaired) electrons. The molecule has 0 bridgehead atoms. The highest BCUT2D eigenvalue weighted by Gasteiger charge is 2.16. The summed E-state index contributed by atoms with van der Waals surface area (Å²) >= 11 is 1.48. The number of rotatable bonds is 7. The highest BCUT2D eigenvalue weighted by molar-refractivity contribution is 7.99. The number of primary sulfonamides is 1. The van der Waals surface area contributed by atoms with Crippen molar-refractivity contribution >= 4 is 21.8 Å². The molecule has 0 unspecified atom stereocenters. The number of benzene rings is 2. The topological polar surface area (TPSA) is 90.9 Å². The molecule has 0 aliphatic carbocycles. The maximum absolute atomic E-state index is 11.1. The summed E-state index contributed by atoms with van der Waals surface area (Å²) in [7, 11) is -3.45. The Morgan fingerprint density at radius 1 is 1.04 bits per heavy atom. The van der Waals surface area contributed by atoms with Crippen molar-refractivity contribution in [3.8, 4) is 17.1 Å². The lowest BCUT2D eigenvalue weighted by Gasteiger charge is -2.12. The molecule has 0 spiro atoms. The first-order valence-electron chi connectivity index (χ1n) is 8.57. The van der Waals surface area contributed by atoms with Gasteiger partial charge in [0, 0.05) is 11.3 Å². The third kappa shape index (κ3) is 4.97. The van der Waals surface area contributed by atoms with E-state index in [0.717, 1.165) is 22.2 Å². The first-order chi connectivity index (χ1) is 12.8. The van der Waals surface area contributed by atoms with Gasteiger partial charge in [-0.15, -0.1) is 10.2 Å². The predicted molar refractivity (Wildman–Crippen MR) is 110 cm³/mol. The number of hydrogen-bond acceptors (Lipinski definition) is 5. The van der Waals surface area contributed by atoms with Crippen LogP contribution in [0.25, 0.3) is 17.1 Å². The van der Waals surface area contributed by atoms with Crippen molar-refractivity contribution in [1.82, 2.24) is 14.8 Å². The summed E-state index contributed by atoms with van der Waals surface area (Å²) in [5, 5.41) is 14.5. The smallest absolute Gasteiger partial charge is 0.209 e. The van der Waals surface area contributed by atoms with Crippen LogP contribution in [0.3, 0.4) is 0 Å². The van der Waals surface area contributed by atoms with Crippen LogP contribution in [-0.4, -0.2) is 34.7 Å². The monoisotopic (exact) mass is 402 g/mol. The van der Waals surface area contributed by atoms with E-state index in [1.807, 2.05) is 41.0 Å². The maximum atomic E-state index is 11.1. The SMILES string of the molecule is Cc1ccc(-n2c(SCCCS(N)(=O)=O)nnc2-c2ccccc2)cc1C.